The number of carbonyl (C=O) groups excluding carboxylic acids is 1. The molecule has 1 aromatic heterocycles. The molecule has 0 saturated heterocycles. The van der Waals surface area contributed by atoms with Gasteiger partial charge in [-0.2, -0.15) is 5.10 Å². The predicted molar refractivity (Wildman–Crippen MR) is 110 cm³/mol. The van der Waals surface area contributed by atoms with Gasteiger partial charge in [-0.25, -0.2) is 21.9 Å². The molecule has 7 nitrogen and oxygen atoms in total. The maximum atomic E-state index is 13.3. The highest BCUT2D eigenvalue weighted by atomic mass is 35.5. The number of benzene rings is 2. The van der Waals surface area contributed by atoms with Gasteiger partial charge in [-0.15, -0.1) is 11.8 Å². The second-order valence-corrected chi connectivity index (χ2v) is 9.13. The van der Waals surface area contributed by atoms with E-state index < -0.39 is 33.9 Å². The van der Waals surface area contributed by atoms with Gasteiger partial charge in [-0.1, -0.05) is 11.6 Å². The van der Waals surface area contributed by atoms with Gasteiger partial charge in [0, 0.05) is 16.8 Å². The molecule has 3 rings (SSSR count). The third kappa shape index (κ3) is 4.42. The highest BCUT2D eigenvalue weighted by Gasteiger charge is 2.29. The van der Waals surface area contributed by atoms with Crippen molar-refractivity contribution in [3.05, 3.63) is 59.1 Å². The fraction of sp³-hybridized carbons (Fsp3) is 0.111. The van der Waals surface area contributed by atoms with Crippen LogP contribution in [0.3, 0.4) is 0 Å². The SMILES string of the molecule is CSc1nn(CC(=O)Nc2ccc(F)c(F)c2)c(N)c1S(=O)(=O)c1ccc(Cl)cc1. The van der Waals surface area contributed by atoms with Crippen molar-refractivity contribution in [1.82, 2.24) is 9.78 Å². The number of rotatable bonds is 6. The Bertz CT molecular complexity index is 1210. The van der Waals surface area contributed by atoms with Crippen molar-refractivity contribution >= 4 is 50.6 Å². The summed E-state index contributed by atoms with van der Waals surface area (Å²) in [5, 5.41) is 6.97. The number of thioether (sulfide) groups is 1. The van der Waals surface area contributed by atoms with Gasteiger partial charge in [0.1, 0.15) is 22.3 Å². The number of amides is 1. The predicted octanol–water partition coefficient (Wildman–Crippen LogP) is 3.59. The maximum absolute atomic E-state index is 13.3. The van der Waals surface area contributed by atoms with Crippen LogP contribution in [-0.4, -0.2) is 30.4 Å². The molecule has 3 aromatic rings. The molecule has 1 heterocycles. The van der Waals surface area contributed by atoms with Crippen molar-refractivity contribution in [2.45, 2.75) is 21.4 Å². The van der Waals surface area contributed by atoms with Gasteiger partial charge in [-0.3, -0.25) is 4.79 Å². The molecule has 0 saturated carbocycles. The summed E-state index contributed by atoms with van der Waals surface area (Å²) in [7, 11) is -4.02. The molecule has 0 aliphatic rings. The maximum Gasteiger partial charge on any atom is 0.246 e. The van der Waals surface area contributed by atoms with E-state index in [9.17, 15) is 22.0 Å². The van der Waals surface area contributed by atoms with Crippen molar-refractivity contribution in [2.24, 2.45) is 0 Å². The number of nitrogens with zero attached hydrogens (tertiary/aromatic N) is 2. The van der Waals surface area contributed by atoms with Gasteiger partial charge in [0.25, 0.3) is 0 Å². The lowest BCUT2D eigenvalue weighted by atomic mass is 10.3. The average Bonchev–Trinajstić information content (AvgIpc) is 3.01. The summed E-state index contributed by atoms with van der Waals surface area (Å²) in [6.45, 7) is -0.436. The van der Waals surface area contributed by atoms with E-state index in [2.05, 4.69) is 10.4 Å². The van der Waals surface area contributed by atoms with Crippen LogP contribution < -0.4 is 11.1 Å². The number of nitrogens with one attached hydrogen (secondary N) is 1. The number of hydrogen-bond acceptors (Lipinski definition) is 6. The Morgan fingerprint density at radius 1 is 1.20 bits per heavy atom. The van der Waals surface area contributed by atoms with E-state index in [1.807, 2.05) is 0 Å². The summed E-state index contributed by atoms with van der Waals surface area (Å²) in [4.78, 5) is 12.0. The molecule has 1 amide bonds. The lowest BCUT2D eigenvalue weighted by Gasteiger charge is -2.08. The second kappa shape index (κ2) is 8.62. The van der Waals surface area contributed by atoms with Crippen molar-refractivity contribution < 1.29 is 22.0 Å². The zero-order valence-electron chi connectivity index (χ0n) is 15.4. The molecule has 0 spiro atoms. The number of aromatic nitrogens is 2. The third-order valence-corrected chi connectivity index (χ3v) is 6.89. The van der Waals surface area contributed by atoms with Gasteiger partial charge in [0.05, 0.1) is 4.90 Å². The van der Waals surface area contributed by atoms with Gasteiger partial charge in [0.2, 0.25) is 15.7 Å². The molecule has 0 radical (unpaired) electrons. The first-order valence-corrected chi connectivity index (χ1v) is 11.4. The minimum atomic E-state index is -4.02. The molecule has 0 aliphatic heterocycles. The molecule has 0 bridgehead atoms. The van der Waals surface area contributed by atoms with E-state index in [4.69, 9.17) is 17.3 Å². The Labute approximate surface area is 180 Å². The molecule has 2 aromatic carbocycles. The zero-order chi connectivity index (χ0) is 22.1. The molecule has 0 unspecified atom stereocenters. The summed E-state index contributed by atoms with van der Waals surface area (Å²) in [5.74, 6) is -3.05. The van der Waals surface area contributed by atoms with Crippen LogP contribution in [0.15, 0.2) is 57.3 Å². The van der Waals surface area contributed by atoms with Crippen LogP contribution in [0, 0.1) is 11.6 Å². The number of nitrogen functional groups attached to an aromatic ring is 1. The first-order valence-electron chi connectivity index (χ1n) is 8.29. The van der Waals surface area contributed by atoms with Crippen molar-refractivity contribution in [3.8, 4) is 0 Å². The summed E-state index contributed by atoms with van der Waals surface area (Å²) in [6, 6.07) is 8.43. The number of anilines is 2. The number of hydrogen-bond donors (Lipinski definition) is 2. The molecule has 12 heteroatoms. The van der Waals surface area contributed by atoms with Crippen molar-refractivity contribution in [2.75, 3.05) is 17.3 Å². The van der Waals surface area contributed by atoms with Crippen LogP contribution in [0.5, 0.6) is 0 Å². The van der Waals surface area contributed by atoms with Crippen LogP contribution >= 0.6 is 23.4 Å². The van der Waals surface area contributed by atoms with Crippen LogP contribution in [0.4, 0.5) is 20.3 Å². The molecule has 158 valence electrons. The van der Waals surface area contributed by atoms with E-state index in [1.165, 1.54) is 30.3 Å². The zero-order valence-corrected chi connectivity index (χ0v) is 17.8. The van der Waals surface area contributed by atoms with Gasteiger partial charge < -0.3 is 11.1 Å². The molecule has 3 N–H and O–H groups in total. The summed E-state index contributed by atoms with van der Waals surface area (Å²) >= 11 is 6.86. The summed E-state index contributed by atoms with van der Waals surface area (Å²) in [6.07, 6.45) is 1.62. The highest BCUT2D eigenvalue weighted by molar-refractivity contribution is 7.99. The van der Waals surface area contributed by atoms with Crippen LogP contribution in [0.2, 0.25) is 5.02 Å². The molecule has 0 atom stereocenters. The number of carbonyl (C=O) groups is 1. The van der Waals surface area contributed by atoms with Crippen LogP contribution in [0.25, 0.3) is 0 Å². The largest absolute Gasteiger partial charge is 0.383 e. The first-order chi connectivity index (χ1) is 14.1. The lowest BCUT2D eigenvalue weighted by Crippen LogP contribution is -2.21. The summed E-state index contributed by atoms with van der Waals surface area (Å²) < 4.78 is 53.4. The Hall–Kier alpha value is -2.63. The van der Waals surface area contributed by atoms with Gasteiger partial charge in [-0.05, 0) is 42.7 Å². The van der Waals surface area contributed by atoms with E-state index in [0.717, 1.165) is 28.6 Å². The fourth-order valence-corrected chi connectivity index (χ4v) is 5.14. The molecule has 0 aliphatic carbocycles. The van der Waals surface area contributed by atoms with Crippen LogP contribution in [0.1, 0.15) is 0 Å². The smallest absolute Gasteiger partial charge is 0.246 e. The van der Waals surface area contributed by atoms with Gasteiger partial charge >= 0.3 is 0 Å². The lowest BCUT2D eigenvalue weighted by molar-refractivity contribution is -0.116. The standard InChI is InChI=1S/C18H15ClF2N4O3S2/c1-29-18-16(30(27,28)12-5-2-10(19)3-6-12)17(22)25(24-18)9-15(26)23-11-4-7-13(20)14(21)8-11/h2-8H,9,22H2,1H3,(H,23,26). The van der Waals surface area contributed by atoms with E-state index in [-0.39, 0.29) is 26.3 Å². The Balaban J connectivity index is 1.90. The Morgan fingerprint density at radius 2 is 1.87 bits per heavy atom. The monoisotopic (exact) mass is 472 g/mol. The van der Waals surface area contributed by atoms with Crippen molar-refractivity contribution in [3.63, 3.8) is 0 Å². The number of halogens is 3. The Morgan fingerprint density at radius 3 is 2.47 bits per heavy atom. The molecule has 0 fully saturated rings. The van der Waals surface area contributed by atoms with Crippen molar-refractivity contribution in [1.29, 1.82) is 0 Å². The van der Waals surface area contributed by atoms with E-state index in [1.54, 1.807) is 6.26 Å². The molecular weight excluding hydrogens is 458 g/mol. The van der Waals surface area contributed by atoms with E-state index in [0.29, 0.717) is 5.02 Å². The quantitative estimate of drug-likeness (QED) is 0.531. The van der Waals surface area contributed by atoms with Gasteiger partial charge in [0.15, 0.2) is 11.6 Å². The Kier molecular flexibility index (Phi) is 6.34. The minimum Gasteiger partial charge on any atom is -0.383 e. The number of nitrogens with two attached hydrogens (primary N) is 1. The highest BCUT2D eigenvalue weighted by Crippen LogP contribution is 2.34. The normalized spacial score (nSPS) is 11.5. The molecular formula is C18H15ClF2N4O3S2. The minimum absolute atomic E-state index is 0.0281. The average molecular weight is 473 g/mol. The third-order valence-electron chi connectivity index (χ3n) is 4.00. The van der Waals surface area contributed by atoms with Crippen LogP contribution in [-0.2, 0) is 21.2 Å². The van der Waals surface area contributed by atoms with E-state index >= 15 is 0 Å². The number of sulfone groups is 1. The summed E-state index contributed by atoms with van der Waals surface area (Å²) in [5.41, 5.74) is 6.04. The molecule has 30 heavy (non-hydrogen) atoms. The fourth-order valence-electron chi connectivity index (χ4n) is 2.58. The topological polar surface area (TPSA) is 107 Å². The second-order valence-electron chi connectivity index (χ2n) is 6.02. The first kappa shape index (κ1) is 22.1.